The van der Waals surface area contributed by atoms with Crippen molar-refractivity contribution >= 4 is 5.78 Å². The summed E-state index contributed by atoms with van der Waals surface area (Å²) in [6.07, 6.45) is 2.31. The van der Waals surface area contributed by atoms with Crippen molar-refractivity contribution in [1.82, 2.24) is 0 Å². The number of nitrogens with zero attached hydrogens (tertiary/aromatic N) is 1. The number of carbonyl (C=O) groups is 1. The zero-order valence-corrected chi connectivity index (χ0v) is 7.73. The summed E-state index contributed by atoms with van der Waals surface area (Å²) in [5, 5.41) is 8.91. The van der Waals surface area contributed by atoms with E-state index in [1.165, 1.54) is 6.42 Å². The van der Waals surface area contributed by atoms with Crippen LogP contribution in [0.2, 0.25) is 0 Å². The Hall–Kier alpha value is -0.840. The van der Waals surface area contributed by atoms with Crippen LogP contribution in [-0.4, -0.2) is 5.78 Å². The molecule has 0 radical (unpaired) electrons. The molecule has 0 heterocycles. The van der Waals surface area contributed by atoms with Crippen molar-refractivity contribution in [2.75, 3.05) is 0 Å². The Labute approximate surface area is 77.9 Å². The number of ketones is 1. The van der Waals surface area contributed by atoms with E-state index in [-0.39, 0.29) is 5.92 Å². The number of fused-ring (bicyclic) bond motifs is 5. The normalized spacial score (nSPS) is 55.7. The van der Waals surface area contributed by atoms with Gasteiger partial charge in [-0.3, -0.25) is 4.79 Å². The summed E-state index contributed by atoms with van der Waals surface area (Å²) in [5.41, 5.74) is 0. The fourth-order valence-corrected chi connectivity index (χ4v) is 4.06. The maximum Gasteiger partial charge on any atom is 0.133 e. The minimum atomic E-state index is 0.274. The summed E-state index contributed by atoms with van der Waals surface area (Å²) in [5.74, 6) is 3.58. The molecule has 2 unspecified atom stereocenters. The van der Waals surface area contributed by atoms with E-state index >= 15 is 0 Å². The van der Waals surface area contributed by atoms with E-state index < -0.39 is 0 Å². The van der Waals surface area contributed by atoms with Crippen molar-refractivity contribution < 1.29 is 4.79 Å². The smallest absolute Gasteiger partial charge is 0.133 e. The molecule has 0 saturated heterocycles. The Kier molecular flexibility index (Phi) is 1.25. The van der Waals surface area contributed by atoms with Gasteiger partial charge in [-0.1, -0.05) is 0 Å². The Morgan fingerprint density at radius 1 is 1.38 bits per heavy atom. The molecule has 0 spiro atoms. The van der Waals surface area contributed by atoms with Gasteiger partial charge in [-0.2, -0.15) is 5.26 Å². The Morgan fingerprint density at radius 3 is 2.77 bits per heavy atom. The first-order valence-electron chi connectivity index (χ1n) is 5.14. The second-order valence-electron chi connectivity index (χ2n) is 4.92. The first-order valence-corrected chi connectivity index (χ1v) is 5.14. The van der Waals surface area contributed by atoms with Crippen LogP contribution in [0.4, 0.5) is 0 Å². The Balaban J connectivity index is 1.85. The molecule has 2 bridgehead atoms. The molecule has 68 valence electrons. The van der Waals surface area contributed by atoms with E-state index in [9.17, 15) is 4.79 Å². The number of rotatable bonds is 1. The molecule has 0 aliphatic heterocycles. The van der Waals surface area contributed by atoms with Crippen LogP contribution in [0.1, 0.15) is 19.8 Å². The first-order chi connectivity index (χ1) is 6.24. The Morgan fingerprint density at radius 2 is 2.15 bits per heavy atom. The summed E-state index contributed by atoms with van der Waals surface area (Å²) in [7, 11) is 0. The van der Waals surface area contributed by atoms with Crippen LogP contribution >= 0.6 is 0 Å². The van der Waals surface area contributed by atoms with Crippen molar-refractivity contribution in [3.63, 3.8) is 0 Å². The van der Waals surface area contributed by atoms with E-state index in [1.54, 1.807) is 6.92 Å². The van der Waals surface area contributed by atoms with Gasteiger partial charge in [0.15, 0.2) is 0 Å². The maximum absolute atomic E-state index is 11.3. The SMILES string of the molecule is CC(=O)[C@@H]1C2C1[C@H]1C[C@@H]2C[C@H]1C#N. The van der Waals surface area contributed by atoms with Gasteiger partial charge in [0.1, 0.15) is 5.78 Å². The minimum absolute atomic E-state index is 0.274. The second-order valence-corrected chi connectivity index (χ2v) is 4.92. The first kappa shape index (κ1) is 7.55. The molecule has 13 heavy (non-hydrogen) atoms. The van der Waals surface area contributed by atoms with Gasteiger partial charge in [-0.05, 0) is 43.4 Å². The fraction of sp³-hybridized carbons (Fsp3) is 0.818. The van der Waals surface area contributed by atoms with Gasteiger partial charge in [0.05, 0.1) is 6.07 Å². The van der Waals surface area contributed by atoms with Crippen molar-refractivity contribution in [3.05, 3.63) is 0 Å². The number of Topliss-reactive ketones (excluding diaryl/α,β-unsaturated/α-hetero) is 1. The summed E-state index contributed by atoms with van der Waals surface area (Å²) in [6, 6.07) is 2.40. The number of hydrogen-bond acceptors (Lipinski definition) is 2. The quantitative estimate of drug-likeness (QED) is 0.607. The lowest BCUT2D eigenvalue weighted by atomic mass is 9.90. The van der Waals surface area contributed by atoms with Crippen LogP contribution in [0, 0.1) is 46.8 Å². The monoisotopic (exact) mass is 175 g/mol. The lowest BCUT2D eigenvalue weighted by Gasteiger charge is -2.12. The van der Waals surface area contributed by atoms with Gasteiger partial charge in [0, 0.05) is 11.8 Å². The van der Waals surface area contributed by atoms with Gasteiger partial charge in [0.2, 0.25) is 0 Å². The van der Waals surface area contributed by atoms with Crippen LogP contribution in [0.15, 0.2) is 0 Å². The van der Waals surface area contributed by atoms with Gasteiger partial charge in [0.25, 0.3) is 0 Å². The highest BCUT2D eigenvalue weighted by Gasteiger charge is 2.69. The van der Waals surface area contributed by atoms with E-state index in [4.69, 9.17) is 5.26 Å². The molecular formula is C11H13NO. The van der Waals surface area contributed by atoms with Crippen LogP contribution in [-0.2, 0) is 4.79 Å². The van der Waals surface area contributed by atoms with Crippen molar-refractivity contribution in [3.8, 4) is 6.07 Å². The highest BCUT2D eigenvalue weighted by molar-refractivity contribution is 5.82. The number of nitriles is 1. The molecule has 3 fully saturated rings. The summed E-state index contributed by atoms with van der Waals surface area (Å²) >= 11 is 0. The molecule has 3 rings (SSSR count). The van der Waals surface area contributed by atoms with Crippen LogP contribution < -0.4 is 0 Å². The minimum Gasteiger partial charge on any atom is -0.300 e. The Bertz CT molecular complexity index is 317. The molecule has 2 heteroatoms. The van der Waals surface area contributed by atoms with Crippen LogP contribution in [0.5, 0.6) is 0 Å². The molecule has 0 amide bonds. The van der Waals surface area contributed by atoms with Gasteiger partial charge >= 0.3 is 0 Å². The molecule has 0 aromatic rings. The van der Waals surface area contributed by atoms with Crippen LogP contribution in [0.3, 0.4) is 0 Å². The molecule has 3 aliphatic carbocycles. The lowest BCUT2D eigenvalue weighted by Crippen LogP contribution is -2.11. The molecule has 6 atom stereocenters. The predicted octanol–water partition coefficient (Wildman–Crippen LogP) is 1.62. The third kappa shape index (κ3) is 0.757. The van der Waals surface area contributed by atoms with Gasteiger partial charge in [-0.15, -0.1) is 0 Å². The van der Waals surface area contributed by atoms with Crippen molar-refractivity contribution in [1.29, 1.82) is 5.26 Å². The third-order valence-electron chi connectivity index (χ3n) is 4.46. The molecule has 0 aromatic carbocycles. The molecule has 0 N–H and O–H groups in total. The van der Waals surface area contributed by atoms with E-state index in [0.717, 1.165) is 6.42 Å². The van der Waals surface area contributed by atoms with Crippen molar-refractivity contribution in [2.24, 2.45) is 35.5 Å². The standard InChI is InChI=1S/C11H13NO/c1-5(13)9-10-6-2-7(4-12)8(3-6)11(9)10/h6-11H,2-3H2,1H3/t6-,7-,8-,9+,10?,11?/m0/s1. The van der Waals surface area contributed by atoms with E-state index in [1.807, 2.05) is 0 Å². The third-order valence-corrected chi connectivity index (χ3v) is 4.46. The van der Waals surface area contributed by atoms with Gasteiger partial charge in [-0.25, -0.2) is 0 Å². The predicted molar refractivity (Wildman–Crippen MR) is 46.5 cm³/mol. The zero-order chi connectivity index (χ0) is 9.16. The number of hydrogen-bond donors (Lipinski definition) is 0. The van der Waals surface area contributed by atoms with E-state index in [0.29, 0.717) is 35.4 Å². The maximum atomic E-state index is 11.3. The summed E-state index contributed by atoms with van der Waals surface area (Å²) in [6.45, 7) is 1.71. The molecule has 2 nitrogen and oxygen atoms in total. The highest BCUT2D eigenvalue weighted by Crippen LogP contribution is 2.70. The fourth-order valence-electron chi connectivity index (χ4n) is 4.06. The molecule has 3 aliphatic rings. The average Bonchev–Trinajstić information content (AvgIpc) is 2.61. The van der Waals surface area contributed by atoms with Gasteiger partial charge < -0.3 is 0 Å². The number of carbonyl (C=O) groups excluding carboxylic acids is 1. The molecule has 0 aromatic heterocycles. The lowest BCUT2D eigenvalue weighted by molar-refractivity contribution is -0.119. The van der Waals surface area contributed by atoms with E-state index in [2.05, 4.69) is 6.07 Å². The van der Waals surface area contributed by atoms with Crippen LogP contribution in [0.25, 0.3) is 0 Å². The molecule has 3 saturated carbocycles. The molecular weight excluding hydrogens is 162 g/mol. The average molecular weight is 175 g/mol. The summed E-state index contributed by atoms with van der Waals surface area (Å²) in [4.78, 5) is 11.3. The van der Waals surface area contributed by atoms with Crippen molar-refractivity contribution in [2.45, 2.75) is 19.8 Å². The second kappa shape index (κ2) is 2.15. The summed E-state index contributed by atoms with van der Waals surface area (Å²) < 4.78 is 0. The highest BCUT2D eigenvalue weighted by atomic mass is 16.1. The topological polar surface area (TPSA) is 40.9 Å². The largest absolute Gasteiger partial charge is 0.300 e. The zero-order valence-electron chi connectivity index (χ0n) is 7.73.